The van der Waals surface area contributed by atoms with E-state index in [1.807, 2.05) is 66.1 Å². The van der Waals surface area contributed by atoms with E-state index in [-0.39, 0.29) is 6.73 Å². The van der Waals surface area contributed by atoms with E-state index in [2.05, 4.69) is 5.10 Å². The average Bonchev–Trinajstić information content (AvgIpc) is 2.93. The molecule has 0 amide bonds. The summed E-state index contributed by atoms with van der Waals surface area (Å²) >= 11 is 5.44. The number of rotatable bonds is 5. The molecule has 0 aliphatic heterocycles. The van der Waals surface area contributed by atoms with Crippen molar-refractivity contribution in [3.8, 4) is 22.8 Å². The maximum Gasteiger partial charge on any atom is 0.205 e. The van der Waals surface area contributed by atoms with Gasteiger partial charge in [0, 0.05) is 11.3 Å². The number of benzene rings is 2. The van der Waals surface area contributed by atoms with E-state index in [4.69, 9.17) is 17.0 Å². The van der Waals surface area contributed by atoms with Crippen molar-refractivity contribution in [3.63, 3.8) is 0 Å². The Labute approximate surface area is 139 Å². The largest absolute Gasteiger partial charge is 0.494 e. The lowest BCUT2D eigenvalue weighted by molar-refractivity contribution is 0.193. The van der Waals surface area contributed by atoms with Crippen molar-refractivity contribution >= 4 is 12.2 Å². The second-order valence-electron chi connectivity index (χ2n) is 4.88. The molecule has 0 radical (unpaired) electrons. The zero-order chi connectivity index (χ0) is 16.2. The van der Waals surface area contributed by atoms with Gasteiger partial charge >= 0.3 is 0 Å². The van der Waals surface area contributed by atoms with Gasteiger partial charge < -0.3 is 9.84 Å². The molecule has 0 saturated heterocycles. The highest BCUT2D eigenvalue weighted by atomic mass is 32.1. The van der Waals surface area contributed by atoms with Crippen LogP contribution in [0, 0.1) is 4.77 Å². The zero-order valence-electron chi connectivity index (χ0n) is 12.7. The van der Waals surface area contributed by atoms with E-state index in [9.17, 15) is 5.11 Å². The predicted octanol–water partition coefficient (Wildman–Crippen LogP) is 3.42. The summed E-state index contributed by atoms with van der Waals surface area (Å²) in [5.41, 5.74) is 1.80. The van der Waals surface area contributed by atoms with Crippen LogP contribution in [0.3, 0.4) is 0 Å². The van der Waals surface area contributed by atoms with Gasteiger partial charge in [-0.05, 0) is 55.5 Å². The van der Waals surface area contributed by atoms with Crippen molar-refractivity contribution < 1.29 is 9.84 Å². The third-order valence-corrected chi connectivity index (χ3v) is 3.80. The van der Waals surface area contributed by atoms with Crippen LogP contribution in [-0.2, 0) is 6.73 Å². The molecule has 0 atom stereocenters. The first-order chi connectivity index (χ1) is 11.2. The van der Waals surface area contributed by atoms with Gasteiger partial charge in [0.05, 0.1) is 6.61 Å². The van der Waals surface area contributed by atoms with E-state index in [0.717, 1.165) is 17.0 Å². The maximum absolute atomic E-state index is 9.46. The first kappa shape index (κ1) is 15.5. The normalized spacial score (nSPS) is 10.7. The minimum absolute atomic E-state index is 0.261. The topological polar surface area (TPSA) is 52.2 Å². The molecule has 0 bridgehead atoms. The monoisotopic (exact) mass is 327 g/mol. The molecule has 0 aliphatic carbocycles. The number of para-hydroxylation sites is 1. The molecule has 0 saturated carbocycles. The van der Waals surface area contributed by atoms with Crippen molar-refractivity contribution in [1.82, 2.24) is 14.3 Å². The molecule has 2 aromatic carbocycles. The lowest BCUT2D eigenvalue weighted by atomic mass is 10.2. The first-order valence-corrected chi connectivity index (χ1v) is 7.74. The van der Waals surface area contributed by atoms with Crippen molar-refractivity contribution in [2.75, 3.05) is 6.61 Å². The number of ether oxygens (including phenoxy) is 1. The third-order valence-electron chi connectivity index (χ3n) is 3.41. The molecule has 3 rings (SSSR count). The van der Waals surface area contributed by atoms with E-state index in [0.29, 0.717) is 17.2 Å². The summed E-state index contributed by atoms with van der Waals surface area (Å²) in [5.74, 6) is 1.49. The Morgan fingerprint density at radius 3 is 2.39 bits per heavy atom. The number of aliphatic hydroxyl groups excluding tert-OH is 1. The van der Waals surface area contributed by atoms with Gasteiger partial charge in [0.25, 0.3) is 0 Å². The Balaban J connectivity index is 2.13. The molecule has 0 unspecified atom stereocenters. The van der Waals surface area contributed by atoms with E-state index < -0.39 is 0 Å². The molecular formula is C17H17N3O2S. The molecule has 3 aromatic rings. The summed E-state index contributed by atoms with van der Waals surface area (Å²) in [6, 6.07) is 17.4. The van der Waals surface area contributed by atoms with E-state index in [1.165, 1.54) is 4.68 Å². The lowest BCUT2D eigenvalue weighted by Gasteiger charge is -2.08. The zero-order valence-corrected chi connectivity index (χ0v) is 13.5. The van der Waals surface area contributed by atoms with Gasteiger partial charge in [-0.2, -0.15) is 0 Å². The Morgan fingerprint density at radius 1 is 1.09 bits per heavy atom. The van der Waals surface area contributed by atoms with Crippen LogP contribution in [0.15, 0.2) is 54.6 Å². The van der Waals surface area contributed by atoms with Crippen molar-refractivity contribution in [1.29, 1.82) is 0 Å². The minimum atomic E-state index is -0.261. The molecule has 6 heteroatoms. The van der Waals surface area contributed by atoms with Gasteiger partial charge in [0.2, 0.25) is 4.77 Å². The van der Waals surface area contributed by atoms with Gasteiger partial charge in [-0.1, -0.05) is 18.2 Å². The predicted molar refractivity (Wildman–Crippen MR) is 91.2 cm³/mol. The smallest absolute Gasteiger partial charge is 0.205 e. The number of aromatic nitrogens is 3. The molecule has 118 valence electrons. The SMILES string of the molecule is CCOc1ccc(-c2nn(CO)c(=S)n2-c2ccccc2)cc1. The highest BCUT2D eigenvalue weighted by Crippen LogP contribution is 2.24. The molecule has 23 heavy (non-hydrogen) atoms. The van der Waals surface area contributed by atoms with Crippen LogP contribution in [0.4, 0.5) is 0 Å². The second-order valence-corrected chi connectivity index (χ2v) is 5.24. The van der Waals surface area contributed by atoms with Gasteiger partial charge in [0.1, 0.15) is 12.5 Å². The minimum Gasteiger partial charge on any atom is -0.494 e. The summed E-state index contributed by atoms with van der Waals surface area (Å²) in [4.78, 5) is 0. The molecule has 0 fully saturated rings. The van der Waals surface area contributed by atoms with Crippen LogP contribution < -0.4 is 4.74 Å². The van der Waals surface area contributed by atoms with Gasteiger partial charge in [-0.15, -0.1) is 5.10 Å². The van der Waals surface area contributed by atoms with Crippen LogP contribution in [0.5, 0.6) is 5.75 Å². The summed E-state index contributed by atoms with van der Waals surface area (Å²) in [6.07, 6.45) is 0. The van der Waals surface area contributed by atoms with Crippen LogP contribution >= 0.6 is 12.2 Å². The highest BCUT2D eigenvalue weighted by molar-refractivity contribution is 7.71. The first-order valence-electron chi connectivity index (χ1n) is 7.34. The Kier molecular flexibility index (Phi) is 4.55. The van der Waals surface area contributed by atoms with Crippen molar-refractivity contribution in [2.24, 2.45) is 0 Å². The van der Waals surface area contributed by atoms with Crippen LogP contribution in [0.25, 0.3) is 17.1 Å². The number of hydrogen-bond donors (Lipinski definition) is 1. The Hall–Kier alpha value is -2.44. The van der Waals surface area contributed by atoms with E-state index in [1.54, 1.807) is 0 Å². The summed E-state index contributed by atoms with van der Waals surface area (Å²) in [7, 11) is 0. The molecule has 1 heterocycles. The third kappa shape index (κ3) is 3.04. The fourth-order valence-corrected chi connectivity index (χ4v) is 2.65. The summed E-state index contributed by atoms with van der Waals surface area (Å²) < 4.78 is 9.16. The molecule has 0 aliphatic rings. The number of aliphatic hydroxyl groups is 1. The van der Waals surface area contributed by atoms with Gasteiger partial charge in [0.15, 0.2) is 5.82 Å². The standard InChI is InChI=1S/C17H17N3O2S/c1-2-22-15-10-8-13(9-11-15)16-18-19(12-21)17(23)20(16)14-6-4-3-5-7-14/h3-11,21H,2,12H2,1H3. The summed E-state index contributed by atoms with van der Waals surface area (Å²) in [5, 5.41) is 13.9. The average molecular weight is 327 g/mol. The number of nitrogens with zero attached hydrogens (tertiary/aromatic N) is 3. The maximum atomic E-state index is 9.46. The van der Waals surface area contributed by atoms with E-state index >= 15 is 0 Å². The number of hydrogen-bond acceptors (Lipinski definition) is 4. The molecule has 0 spiro atoms. The quantitative estimate of drug-likeness (QED) is 0.730. The molecular weight excluding hydrogens is 310 g/mol. The Bertz CT molecular complexity index is 839. The lowest BCUT2D eigenvalue weighted by Crippen LogP contribution is -2.00. The molecule has 1 N–H and O–H groups in total. The van der Waals surface area contributed by atoms with Gasteiger partial charge in [-0.25, -0.2) is 4.68 Å². The molecule has 5 nitrogen and oxygen atoms in total. The fourth-order valence-electron chi connectivity index (χ4n) is 2.36. The van der Waals surface area contributed by atoms with Crippen LogP contribution in [-0.4, -0.2) is 26.1 Å². The van der Waals surface area contributed by atoms with Crippen LogP contribution in [0.2, 0.25) is 0 Å². The Morgan fingerprint density at radius 2 is 1.78 bits per heavy atom. The van der Waals surface area contributed by atoms with Crippen molar-refractivity contribution in [3.05, 3.63) is 59.4 Å². The second kappa shape index (κ2) is 6.76. The van der Waals surface area contributed by atoms with Gasteiger partial charge in [-0.3, -0.25) is 4.57 Å². The fraction of sp³-hybridized carbons (Fsp3) is 0.176. The highest BCUT2D eigenvalue weighted by Gasteiger charge is 2.14. The summed E-state index contributed by atoms with van der Waals surface area (Å²) in [6.45, 7) is 2.31. The molecule has 1 aromatic heterocycles. The van der Waals surface area contributed by atoms with Crippen LogP contribution in [0.1, 0.15) is 6.92 Å². The van der Waals surface area contributed by atoms with Crippen molar-refractivity contribution in [2.45, 2.75) is 13.7 Å².